The normalized spacial score (nSPS) is 18.2. The lowest BCUT2D eigenvalue weighted by Crippen LogP contribution is -2.30. The Morgan fingerprint density at radius 2 is 1.46 bits per heavy atom. The number of rotatable bonds is 5. The molecule has 4 rings (SSSR count). The summed E-state index contributed by atoms with van der Waals surface area (Å²) in [6, 6.07) is 29.2. The van der Waals surface area contributed by atoms with Crippen molar-refractivity contribution in [3.8, 4) is 0 Å². The zero-order valence-corrected chi connectivity index (χ0v) is 16.0. The number of hydrogen-bond donors (Lipinski definition) is 1. The monoisotopic (exact) mass is 363 g/mol. The van der Waals surface area contributed by atoms with E-state index in [1.54, 1.807) is 0 Å². The van der Waals surface area contributed by atoms with E-state index in [1.165, 1.54) is 27.8 Å². The summed E-state index contributed by atoms with van der Waals surface area (Å²) in [5.41, 5.74) is 7.34. The van der Waals surface area contributed by atoms with Gasteiger partial charge in [-0.3, -0.25) is 0 Å². The lowest BCUT2D eigenvalue weighted by Gasteiger charge is -2.22. The van der Waals surface area contributed by atoms with Crippen molar-refractivity contribution in [1.29, 1.82) is 0 Å². The molecule has 3 aromatic carbocycles. The number of nitrogens with one attached hydrogen (secondary N) is 1. The molecule has 0 saturated carbocycles. The van der Waals surface area contributed by atoms with Crippen molar-refractivity contribution in [2.75, 3.05) is 7.05 Å². The highest BCUT2D eigenvalue weighted by molar-refractivity contribution is 5.85. The summed E-state index contributed by atoms with van der Waals surface area (Å²) in [5, 5.41) is 3.55. The average Bonchev–Trinajstić information content (AvgIpc) is 3.02. The molecule has 1 aliphatic carbocycles. The molecule has 1 nitrogen and oxygen atoms in total. The predicted molar refractivity (Wildman–Crippen MR) is 112 cm³/mol. The molecule has 0 aromatic heterocycles. The fourth-order valence-electron chi connectivity index (χ4n) is 4.21. The molecule has 0 spiro atoms. The second kappa shape index (κ2) is 8.53. The van der Waals surface area contributed by atoms with Gasteiger partial charge in [-0.2, -0.15) is 0 Å². The number of benzene rings is 3. The Morgan fingerprint density at radius 1 is 0.808 bits per heavy atom. The first-order chi connectivity index (χ1) is 12.3. The summed E-state index contributed by atoms with van der Waals surface area (Å²) >= 11 is 0. The van der Waals surface area contributed by atoms with Crippen LogP contribution >= 0.6 is 12.4 Å². The molecule has 0 bridgehead atoms. The van der Waals surface area contributed by atoms with Gasteiger partial charge < -0.3 is 5.32 Å². The molecule has 1 aliphatic rings. The molecule has 0 aliphatic heterocycles. The average molecular weight is 364 g/mol. The lowest BCUT2D eigenvalue weighted by molar-refractivity contribution is 0.491. The highest BCUT2D eigenvalue weighted by Gasteiger charge is 2.31. The zero-order chi connectivity index (χ0) is 17.1. The minimum Gasteiger partial charge on any atom is -0.316 e. The van der Waals surface area contributed by atoms with Crippen molar-refractivity contribution < 1.29 is 0 Å². The van der Waals surface area contributed by atoms with Crippen LogP contribution in [0.1, 0.15) is 33.7 Å². The fraction of sp³-hybridized carbons (Fsp3) is 0.250. The van der Waals surface area contributed by atoms with E-state index in [2.05, 4.69) is 91.2 Å². The standard InChI is InChI=1S/C24H25N.ClH/c1-25-24-17-21-13-7-8-14-22(21)23(24)16-20-12-6-5-11-19(20)15-18-9-3-2-4-10-18;/h2-14,23-25H,15-17H2,1H3;1H/t23-,24-;/m1./s1. The topological polar surface area (TPSA) is 12.0 Å². The Morgan fingerprint density at radius 3 is 2.23 bits per heavy atom. The van der Waals surface area contributed by atoms with Crippen LogP contribution in [0.15, 0.2) is 78.9 Å². The lowest BCUT2D eigenvalue weighted by atomic mass is 9.87. The summed E-state index contributed by atoms with van der Waals surface area (Å²) in [7, 11) is 2.10. The maximum atomic E-state index is 3.55. The minimum absolute atomic E-state index is 0. The second-order valence-electron chi connectivity index (χ2n) is 7.04. The van der Waals surface area contributed by atoms with Crippen LogP contribution in [-0.4, -0.2) is 13.1 Å². The van der Waals surface area contributed by atoms with E-state index in [9.17, 15) is 0 Å². The first-order valence-electron chi connectivity index (χ1n) is 9.21. The predicted octanol–water partition coefficient (Wildman–Crippen LogP) is 5.17. The van der Waals surface area contributed by atoms with Crippen LogP contribution in [0.25, 0.3) is 0 Å². The number of hydrogen-bond acceptors (Lipinski definition) is 1. The van der Waals surface area contributed by atoms with Crippen LogP contribution in [0.4, 0.5) is 0 Å². The molecule has 134 valence electrons. The van der Waals surface area contributed by atoms with Gasteiger partial charge in [0.25, 0.3) is 0 Å². The van der Waals surface area contributed by atoms with Gasteiger partial charge in [0.05, 0.1) is 0 Å². The largest absolute Gasteiger partial charge is 0.316 e. The van der Waals surface area contributed by atoms with E-state index in [-0.39, 0.29) is 12.4 Å². The highest BCUT2D eigenvalue weighted by atomic mass is 35.5. The number of fused-ring (bicyclic) bond motifs is 1. The Labute approximate surface area is 162 Å². The highest BCUT2D eigenvalue weighted by Crippen LogP contribution is 2.36. The Bertz CT molecular complexity index is 844. The van der Waals surface area contributed by atoms with E-state index < -0.39 is 0 Å². The second-order valence-corrected chi connectivity index (χ2v) is 7.04. The van der Waals surface area contributed by atoms with Gasteiger partial charge in [0.2, 0.25) is 0 Å². The van der Waals surface area contributed by atoms with Crippen LogP contribution in [0.2, 0.25) is 0 Å². The molecule has 0 saturated heterocycles. The Kier molecular flexibility index (Phi) is 6.13. The van der Waals surface area contributed by atoms with Gasteiger partial charge in [-0.25, -0.2) is 0 Å². The van der Waals surface area contributed by atoms with Crippen LogP contribution < -0.4 is 5.32 Å². The summed E-state index contributed by atoms with van der Waals surface area (Å²) in [6.45, 7) is 0. The SMILES string of the molecule is CN[C@@H]1Cc2ccccc2[C@H]1Cc1ccccc1Cc1ccccc1.Cl. The molecule has 0 heterocycles. The van der Waals surface area contributed by atoms with Crippen molar-refractivity contribution in [2.45, 2.75) is 31.2 Å². The van der Waals surface area contributed by atoms with Crippen LogP contribution in [0.5, 0.6) is 0 Å². The molecule has 1 N–H and O–H groups in total. The number of likely N-dealkylation sites (N-methyl/N-ethyl adjacent to an activating group) is 1. The summed E-state index contributed by atoms with van der Waals surface area (Å²) in [4.78, 5) is 0. The van der Waals surface area contributed by atoms with E-state index in [0.717, 1.165) is 19.3 Å². The quantitative estimate of drug-likeness (QED) is 0.659. The molecular weight excluding hydrogens is 338 g/mol. The molecule has 3 aromatic rings. The van der Waals surface area contributed by atoms with Gasteiger partial charge in [-0.1, -0.05) is 78.9 Å². The third kappa shape index (κ3) is 3.85. The number of halogens is 1. The van der Waals surface area contributed by atoms with E-state index in [1.807, 2.05) is 0 Å². The van der Waals surface area contributed by atoms with Gasteiger partial charge >= 0.3 is 0 Å². The van der Waals surface area contributed by atoms with Gasteiger partial charge in [0, 0.05) is 12.0 Å². The molecular formula is C24H26ClN. The molecule has 0 fully saturated rings. The molecule has 0 radical (unpaired) electrons. The van der Waals surface area contributed by atoms with Crippen LogP contribution in [-0.2, 0) is 19.3 Å². The Hall–Kier alpha value is -2.09. The Balaban J connectivity index is 0.00000196. The minimum atomic E-state index is 0. The summed E-state index contributed by atoms with van der Waals surface area (Å²) in [5.74, 6) is 0.554. The van der Waals surface area contributed by atoms with Crippen molar-refractivity contribution >= 4 is 12.4 Å². The van der Waals surface area contributed by atoms with E-state index >= 15 is 0 Å². The van der Waals surface area contributed by atoms with Gasteiger partial charge in [-0.15, -0.1) is 12.4 Å². The molecule has 0 unspecified atom stereocenters. The van der Waals surface area contributed by atoms with E-state index in [0.29, 0.717) is 12.0 Å². The first kappa shape index (κ1) is 18.7. The third-order valence-electron chi connectivity index (χ3n) is 5.55. The van der Waals surface area contributed by atoms with Gasteiger partial charge in [-0.05, 0) is 54.1 Å². The van der Waals surface area contributed by atoms with Gasteiger partial charge in [0.1, 0.15) is 0 Å². The first-order valence-corrected chi connectivity index (χ1v) is 9.21. The zero-order valence-electron chi connectivity index (χ0n) is 15.2. The fourth-order valence-corrected chi connectivity index (χ4v) is 4.21. The maximum Gasteiger partial charge on any atom is 0.0177 e. The van der Waals surface area contributed by atoms with Gasteiger partial charge in [0.15, 0.2) is 0 Å². The smallest absolute Gasteiger partial charge is 0.0177 e. The molecule has 26 heavy (non-hydrogen) atoms. The molecule has 2 heteroatoms. The van der Waals surface area contributed by atoms with Crippen molar-refractivity contribution in [1.82, 2.24) is 5.32 Å². The third-order valence-corrected chi connectivity index (χ3v) is 5.55. The molecule has 0 amide bonds. The molecule has 2 atom stereocenters. The summed E-state index contributed by atoms with van der Waals surface area (Å²) < 4.78 is 0. The van der Waals surface area contributed by atoms with Crippen LogP contribution in [0, 0.1) is 0 Å². The van der Waals surface area contributed by atoms with E-state index in [4.69, 9.17) is 0 Å². The van der Waals surface area contributed by atoms with Crippen molar-refractivity contribution in [3.05, 3.63) is 107 Å². The van der Waals surface area contributed by atoms with Crippen LogP contribution in [0.3, 0.4) is 0 Å². The van der Waals surface area contributed by atoms with Crippen molar-refractivity contribution in [2.24, 2.45) is 0 Å². The van der Waals surface area contributed by atoms with Crippen molar-refractivity contribution in [3.63, 3.8) is 0 Å². The summed E-state index contributed by atoms with van der Waals surface area (Å²) in [6.07, 6.45) is 3.25. The maximum absolute atomic E-state index is 3.55.